The van der Waals surface area contributed by atoms with Crippen LogP contribution >= 0.6 is 0 Å². The Morgan fingerprint density at radius 2 is 2.15 bits per heavy atom. The maximum Gasteiger partial charge on any atom is 0.123 e. The zero-order valence-corrected chi connectivity index (χ0v) is 13.1. The topological polar surface area (TPSA) is 32.7 Å². The van der Waals surface area contributed by atoms with Crippen LogP contribution in [0.15, 0.2) is 18.2 Å². The van der Waals surface area contributed by atoms with Crippen LogP contribution < -0.4 is 4.74 Å². The number of piperidine rings is 1. The first-order chi connectivity index (χ1) is 9.52. The van der Waals surface area contributed by atoms with Crippen LogP contribution in [0.25, 0.3) is 0 Å². The standard InChI is InChI=1S/C17H27NO2/c1-12-6-5-9-18(13(12)2)11-16-10-15(14(3)19)7-8-17(16)20-4/h7-8,10,12-14,19H,5-6,9,11H2,1-4H3. The molecule has 1 aliphatic rings. The van der Waals surface area contributed by atoms with E-state index in [-0.39, 0.29) is 0 Å². The number of nitrogens with zero attached hydrogens (tertiary/aromatic N) is 1. The third-order valence-electron chi connectivity index (χ3n) is 4.66. The number of ether oxygens (including phenoxy) is 1. The van der Waals surface area contributed by atoms with Crippen molar-refractivity contribution in [3.8, 4) is 5.75 Å². The molecule has 3 atom stereocenters. The van der Waals surface area contributed by atoms with Gasteiger partial charge in [-0.2, -0.15) is 0 Å². The average molecular weight is 277 g/mol. The second-order valence-corrected chi connectivity index (χ2v) is 6.08. The van der Waals surface area contributed by atoms with Gasteiger partial charge in [0.25, 0.3) is 0 Å². The van der Waals surface area contributed by atoms with Crippen molar-refractivity contribution in [2.75, 3.05) is 13.7 Å². The van der Waals surface area contributed by atoms with Crippen molar-refractivity contribution in [3.05, 3.63) is 29.3 Å². The molecule has 1 aromatic carbocycles. The Labute approximate surface area is 122 Å². The van der Waals surface area contributed by atoms with Gasteiger partial charge >= 0.3 is 0 Å². The second-order valence-electron chi connectivity index (χ2n) is 6.08. The molecule has 1 saturated heterocycles. The minimum Gasteiger partial charge on any atom is -0.496 e. The molecule has 1 aliphatic heterocycles. The highest BCUT2D eigenvalue weighted by Crippen LogP contribution is 2.29. The van der Waals surface area contributed by atoms with Crippen molar-refractivity contribution >= 4 is 0 Å². The van der Waals surface area contributed by atoms with Gasteiger partial charge in [0.2, 0.25) is 0 Å². The minimum atomic E-state index is -0.433. The van der Waals surface area contributed by atoms with Crippen molar-refractivity contribution in [1.82, 2.24) is 4.90 Å². The fourth-order valence-electron chi connectivity index (χ4n) is 3.04. The third-order valence-corrected chi connectivity index (χ3v) is 4.66. The Hall–Kier alpha value is -1.06. The number of likely N-dealkylation sites (tertiary alicyclic amines) is 1. The summed E-state index contributed by atoms with van der Waals surface area (Å²) in [5.41, 5.74) is 2.13. The summed E-state index contributed by atoms with van der Waals surface area (Å²) in [4.78, 5) is 2.53. The number of aliphatic hydroxyl groups excluding tert-OH is 1. The quantitative estimate of drug-likeness (QED) is 0.916. The highest BCUT2D eigenvalue weighted by atomic mass is 16.5. The largest absolute Gasteiger partial charge is 0.496 e. The number of methoxy groups -OCH3 is 1. The Bertz CT molecular complexity index is 445. The predicted molar refractivity (Wildman–Crippen MR) is 81.9 cm³/mol. The zero-order chi connectivity index (χ0) is 14.7. The summed E-state index contributed by atoms with van der Waals surface area (Å²) in [6, 6.07) is 6.59. The fourth-order valence-corrected chi connectivity index (χ4v) is 3.04. The summed E-state index contributed by atoms with van der Waals surface area (Å²) >= 11 is 0. The van der Waals surface area contributed by atoms with Gasteiger partial charge in [-0.25, -0.2) is 0 Å². The molecule has 0 radical (unpaired) electrons. The van der Waals surface area contributed by atoms with Crippen LogP contribution in [0.5, 0.6) is 5.75 Å². The summed E-state index contributed by atoms with van der Waals surface area (Å²) in [6.45, 7) is 8.50. The van der Waals surface area contributed by atoms with Crippen LogP contribution in [0.2, 0.25) is 0 Å². The van der Waals surface area contributed by atoms with Crippen molar-refractivity contribution < 1.29 is 9.84 Å². The second kappa shape index (κ2) is 6.59. The van der Waals surface area contributed by atoms with E-state index in [0.717, 1.165) is 30.3 Å². The third kappa shape index (κ3) is 3.33. The molecule has 20 heavy (non-hydrogen) atoms. The van der Waals surface area contributed by atoms with E-state index in [1.807, 2.05) is 12.1 Å². The summed E-state index contributed by atoms with van der Waals surface area (Å²) in [6.07, 6.45) is 2.16. The highest BCUT2D eigenvalue weighted by molar-refractivity contribution is 5.38. The zero-order valence-electron chi connectivity index (χ0n) is 13.1. The van der Waals surface area contributed by atoms with Crippen molar-refractivity contribution in [2.45, 2.75) is 52.3 Å². The SMILES string of the molecule is COc1ccc(C(C)O)cc1CN1CCCC(C)C1C. The van der Waals surface area contributed by atoms with Gasteiger partial charge in [0.05, 0.1) is 13.2 Å². The van der Waals surface area contributed by atoms with Gasteiger partial charge < -0.3 is 9.84 Å². The molecule has 0 saturated carbocycles. The number of aliphatic hydroxyl groups is 1. The smallest absolute Gasteiger partial charge is 0.123 e. The molecule has 1 aromatic rings. The van der Waals surface area contributed by atoms with E-state index >= 15 is 0 Å². The molecular weight excluding hydrogens is 250 g/mol. The Balaban J connectivity index is 2.20. The van der Waals surface area contributed by atoms with E-state index in [1.165, 1.54) is 18.4 Å². The van der Waals surface area contributed by atoms with Crippen LogP contribution in [0.1, 0.15) is 50.8 Å². The summed E-state index contributed by atoms with van der Waals surface area (Å²) < 4.78 is 5.48. The van der Waals surface area contributed by atoms with Crippen LogP contribution in [0.4, 0.5) is 0 Å². The van der Waals surface area contributed by atoms with E-state index in [0.29, 0.717) is 6.04 Å². The van der Waals surface area contributed by atoms with Gasteiger partial charge in [0, 0.05) is 18.2 Å². The lowest BCUT2D eigenvalue weighted by molar-refractivity contribution is 0.105. The van der Waals surface area contributed by atoms with Gasteiger partial charge in [0.1, 0.15) is 5.75 Å². The Kier molecular flexibility index (Phi) is 5.06. The predicted octanol–water partition coefficient (Wildman–Crippen LogP) is 3.37. The lowest BCUT2D eigenvalue weighted by Gasteiger charge is -2.38. The monoisotopic (exact) mass is 277 g/mol. The van der Waals surface area contributed by atoms with E-state index in [2.05, 4.69) is 24.8 Å². The first-order valence-electron chi connectivity index (χ1n) is 7.62. The van der Waals surface area contributed by atoms with Crippen LogP contribution in [0.3, 0.4) is 0 Å². The molecule has 3 unspecified atom stereocenters. The van der Waals surface area contributed by atoms with Crippen molar-refractivity contribution in [2.24, 2.45) is 5.92 Å². The number of rotatable bonds is 4. The highest BCUT2D eigenvalue weighted by Gasteiger charge is 2.25. The number of benzene rings is 1. The van der Waals surface area contributed by atoms with Gasteiger partial charge in [-0.05, 0) is 56.8 Å². The van der Waals surface area contributed by atoms with Crippen LogP contribution in [-0.4, -0.2) is 29.7 Å². The molecule has 0 spiro atoms. The molecule has 112 valence electrons. The first kappa shape index (κ1) is 15.3. The van der Waals surface area contributed by atoms with Crippen LogP contribution in [-0.2, 0) is 6.54 Å². The molecule has 0 aromatic heterocycles. The van der Waals surface area contributed by atoms with Gasteiger partial charge in [-0.1, -0.05) is 13.0 Å². The van der Waals surface area contributed by atoms with E-state index in [4.69, 9.17) is 4.74 Å². The fraction of sp³-hybridized carbons (Fsp3) is 0.647. The lowest BCUT2D eigenvalue weighted by atomic mass is 9.91. The molecule has 1 heterocycles. The van der Waals surface area contributed by atoms with Gasteiger partial charge in [0.15, 0.2) is 0 Å². The number of hydrogen-bond donors (Lipinski definition) is 1. The maximum absolute atomic E-state index is 9.76. The molecule has 1 N–H and O–H groups in total. The van der Waals surface area contributed by atoms with Gasteiger partial charge in [-0.15, -0.1) is 0 Å². The summed E-state index contributed by atoms with van der Waals surface area (Å²) in [7, 11) is 1.71. The van der Waals surface area contributed by atoms with E-state index in [9.17, 15) is 5.11 Å². The van der Waals surface area contributed by atoms with E-state index < -0.39 is 6.10 Å². The molecule has 2 rings (SSSR count). The molecular formula is C17H27NO2. The summed E-state index contributed by atoms with van der Waals surface area (Å²) in [5.74, 6) is 1.66. The Morgan fingerprint density at radius 1 is 1.40 bits per heavy atom. The average Bonchev–Trinajstić information content (AvgIpc) is 2.43. The van der Waals surface area contributed by atoms with Crippen LogP contribution in [0, 0.1) is 5.92 Å². The molecule has 3 nitrogen and oxygen atoms in total. The normalized spacial score (nSPS) is 25.4. The summed E-state index contributed by atoms with van der Waals surface area (Å²) in [5, 5.41) is 9.76. The molecule has 3 heteroatoms. The minimum absolute atomic E-state index is 0.433. The Morgan fingerprint density at radius 3 is 2.80 bits per heavy atom. The van der Waals surface area contributed by atoms with E-state index in [1.54, 1.807) is 14.0 Å². The van der Waals surface area contributed by atoms with Gasteiger partial charge in [-0.3, -0.25) is 4.90 Å². The van der Waals surface area contributed by atoms with Crippen molar-refractivity contribution in [1.29, 1.82) is 0 Å². The molecule has 0 aliphatic carbocycles. The van der Waals surface area contributed by atoms with Crippen molar-refractivity contribution in [3.63, 3.8) is 0 Å². The number of hydrogen-bond acceptors (Lipinski definition) is 3. The first-order valence-corrected chi connectivity index (χ1v) is 7.62. The lowest BCUT2D eigenvalue weighted by Crippen LogP contribution is -2.41. The molecule has 0 bridgehead atoms. The maximum atomic E-state index is 9.76. The molecule has 1 fully saturated rings. The molecule has 0 amide bonds.